The summed E-state index contributed by atoms with van der Waals surface area (Å²) in [4.78, 5) is 0. The minimum Gasteiger partial charge on any atom is -0.199 e. The third-order valence-corrected chi connectivity index (χ3v) is 2.79. The van der Waals surface area contributed by atoms with Crippen LogP contribution in [0.4, 0.5) is 4.39 Å². The monoisotopic (exact) mass is 290 g/mol. The SMILES string of the molecule is CC(C)C(C=C(F)Br)c1ccc(Cl)cc1. The first-order chi connectivity index (χ1) is 7.00. The Kier molecular flexibility index (Phi) is 4.81. The molecule has 1 aromatic carbocycles. The molecule has 0 nitrogen and oxygen atoms in total. The highest BCUT2D eigenvalue weighted by molar-refractivity contribution is 9.11. The van der Waals surface area contributed by atoms with Gasteiger partial charge in [-0.15, -0.1) is 0 Å². The molecule has 1 rings (SSSR count). The van der Waals surface area contributed by atoms with E-state index in [0.717, 1.165) is 5.56 Å². The van der Waals surface area contributed by atoms with Crippen LogP contribution in [0.15, 0.2) is 35.1 Å². The largest absolute Gasteiger partial charge is 0.199 e. The molecule has 3 heteroatoms. The molecule has 0 bridgehead atoms. The van der Waals surface area contributed by atoms with Gasteiger partial charge in [-0.25, -0.2) is 0 Å². The van der Waals surface area contributed by atoms with Crippen molar-refractivity contribution in [3.63, 3.8) is 0 Å². The zero-order chi connectivity index (χ0) is 11.4. The highest BCUT2D eigenvalue weighted by atomic mass is 79.9. The smallest absolute Gasteiger partial charge is 0.162 e. The van der Waals surface area contributed by atoms with Crippen LogP contribution in [0, 0.1) is 5.92 Å². The van der Waals surface area contributed by atoms with Gasteiger partial charge in [-0.05, 0) is 45.6 Å². The van der Waals surface area contributed by atoms with Crippen molar-refractivity contribution >= 4 is 27.5 Å². The maximum atomic E-state index is 12.8. The second-order valence-electron chi connectivity index (χ2n) is 3.78. The fourth-order valence-corrected chi connectivity index (χ4v) is 1.91. The second-order valence-corrected chi connectivity index (χ2v) is 4.97. The Hall–Kier alpha value is -0.340. The van der Waals surface area contributed by atoms with Crippen molar-refractivity contribution in [3.8, 4) is 0 Å². The lowest BCUT2D eigenvalue weighted by molar-refractivity contribution is 0.565. The molecule has 0 heterocycles. The average Bonchev–Trinajstić information content (AvgIpc) is 2.15. The van der Waals surface area contributed by atoms with E-state index in [1.807, 2.05) is 24.3 Å². The van der Waals surface area contributed by atoms with Crippen LogP contribution in [0.5, 0.6) is 0 Å². The summed E-state index contributed by atoms with van der Waals surface area (Å²) in [5.74, 6) is 0.413. The normalized spacial score (nSPS) is 14.4. The van der Waals surface area contributed by atoms with Crippen LogP contribution in [-0.2, 0) is 0 Å². The lowest BCUT2D eigenvalue weighted by Crippen LogP contribution is -2.03. The molecule has 0 amide bonds. The van der Waals surface area contributed by atoms with Crippen molar-refractivity contribution < 1.29 is 4.39 Å². The zero-order valence-corrected chi connectivity index (χ0v) is 11.0. The summed E-state index contributed by atoms with van der Waals surface area (Å²) < 4.78 is 12.5. The number of allylic oxidation sites excluding steroid dienone is 1. The molecule has 15 heavy (non-hydrogen) atoms. The molecule has 0 radical (unpaired) electrons. The molecule has 0 fully saturated rings. The van der Waals surface area contributed by atoms with Crippen LogP contribution in [-0.4, -0.2) is 0 Å². The van der Waals surface area contributed by atoms with Crippen molar-refractivity contribution in [2.45, 2.75) is 19.8 Å². The highest BCUT2D eigenvalue weighted by Gasteiger charge is 2.13. The van der Waals surface area contributed by atoms with E-state index in [1.165, 1.54) is 0 Å². The lowest BCUT2D eigenvalue weighted by atomic mass is 9.89. The van der Waals surface area contributed by atoms with Crippen LogP contribution in [0.3, 0.4) is 0 Å². The number of hydrogen-bond donors (Lipinski definition) is 0. The topological polar surface area (TPSA) is 0 Å². The number of rotatable bonds is 3. The van der Waals surface area contributed by atoms with Gasteiger partial charge in [-0.3, -0.25) is 0 Å². The molecule has 0 N–H and O–H groups in total. The van der Waals surface area contributed by atoms with Gasteiger partial charge in [0, 0.05) is 10.9 Å². The third-order valence-electron chi connectivity index (χ3n) is 2.28. The Morgan fingerprint density at radius 2 is 1.87 bits per heavy atom. The van der Waals surface area contributed by atoms with Gasteiger partial charge in [0.25, 0.3) is 0 Å². The van der Waals surface area contributed by atoms with E-state index in [-0.39, 0.29) is 10.7 Å². The molecule has 0 spiro atoms. The zero-order valence-electron chi connectivity index (χ0n) is 8.68. The van der Waals surface area contributed by atoms with E-state index in [1.54, 1.807) is 6.08 Å². The molecule has 0 saturated heterocycles. The molecule has 82 valence electrons. The molecular weight excluding hydrogens is 278 g/mol. The maximum absolute atomic E-state index is 12.8. The molecule has 0 aliphatic rings. The fourth-order valence-electron chi connectivity index (χ4n) is 1.49. The maximum Gasteiger partial charge on any atom is 0.162 e. The Labute approximate surface area is 103 Å². The molecule has 1 atom stereocenters. The minimum absolute atomic E-state index is 0.0710. The quantitative estimate of drug-likeness (QED) is 0.710. The van der Waals surface area contributed by atoms with Crippen LogP contribution in [0.2, 0.25) is 5.02 Å². The van der Waals surface area contributed by atoms with Gasteiger partial charge in [0.05, 0.1) is 0 Å². The van der Waals surface area contributed by atoms with Gasteiger partial charge >= 0.3 is 0 Å². The Morgan fingerprint density at radius 1 is 1.33 bits per heavy atom. The van der Waals surface area contributed by atoms with Gasteiger partial charge in [0.2, 0.25) is 0 Å². The highest BCUT2D eigenvalue weighted by Crippen LogP contribution is 2.29. The Morgan fingerprint density at radius 3 is 2.27 bits per heavy atom. The molecule has 0 aliphatic heterocycles. The molecule has 0 saturated carbocycles. The van der Waals surface area contributed by atoms with E-state index in [2.05, 4.69) is 29.8 Å². The van der Waals surface area contributed by atoms with Gasteiger partial charge in [-0.1, -0.05) is 37.6 Å². The van der Waals surface area contributed by atoms with E-state index >= 15 is 0 Å². The fraction of sp³-hybridized carbons (Fsp3) is 0.333. The minimum atomic E-state index is -0.323. The molecule has 1 unspecified atom stereocenters. The summed E-state index contributed by atoms with van der Waals surface area (Å²) in [6, 6.07) is 7.51. The summed E-state index contributed by atoms with van der Waals surface area (Å²) in [5.41, 5.74) is 1.07. The number of halogens is 3. The van der Waals surface area contributed by atoms with Crippen LogP contribution < -0.4 is 0 Å². The van der Waals surface area contributed by atoms with E-state index in [0.29, 0.717) is 10.9 Å². The molecule has 0 aliphatic carbocycles. The predicted octanol–water partition coefficient (Wildman–Crippen LogP) is 5.29. The van der Waals surface area contributed by atoms with Crippen molar-refractivity contribution in [1.29, 1.82) is 0 Å². The molecule has 0 aromatic heterocycles. The van der Waals surface area contributed by atoms with Gasteiger partial charge in [0.1, 0.15) is 0 Å². The van der Waals surface area contributed by atoms with Crippen LogP contribution in [0.25, 0.3) is 0 Å². The van der Waals surface area contributed by atoms with Crippen molar-refractivity contribution in [2.24, 2.45) is 5.92 Å². The number of hydrogen-bond acceptors (Lipinski definition) is 0. The summed E-state index contributed by atoms with van der Waals surface area (Å²) in [6.07, 6.45) is 1.58. The first-order valence-corrected chi connectivity index (χ1v) is 5.96. The van der Waals surface area contributed by atoms with Crippen molar-refractivity contribution in [1.82, 2.24) is 0 Å². The first-order valence-electron chi connectivity index (χ1n) is 4.79. The van der Waals surface area contributed by atoms with Gasteiger partial charge in [0.15, 0.2) is 4.74 Å². The summed E-state index contributed by atoms with van der Waals surface area (Å²) in [6.45, 7) is 4.12. The van der Waals surface area contributed by atoms with E-state index in [9.17, 15) is 4.39 Å². The van der Waals surface area contributed by atoms with Gasteiger partial charge in [-0.2, -0.15) is 4.39 Å². The summed E-state index contributed by atoms with van der Waals surface area (Å²) >= 11 is 8.63. The van der Waals surface area contributed by atoms with Crippen molar-refractivity contribution in [2.75, 3.05) is 0 Å². The predicted molar refractivity (Wildman–Crippen MR) is 67.1 cm³/mol. The standard InChI is InChI=1S/C12H13BrClF/c1-8(2)11(7-12(13)15)9-3-5-10(14)6-4-9/h3-8,11H,1-2H3. The second kappa shape index (κ2) is 5.66. The first kappa shape index (κ1) is 12.7. The Balaban J connectivity index is 2.99. The average molecular weight is 292 g/mol. The molecular formula is C12H13BrClF. The third kappa shape index (κ3) is 3.96. The summed E-state index contributed by atoms with van der Waals surface area (Å²) in [5, 5.41) is 0.699. The van der Waals surface area contributed by atoms with Crippen LogP contribution in [0.1, 0.15) is 25.3 Å². The van der Waals surface area contributed by atoms with E-state index < -0.39 is 0 Å². The lowest BCUT2D eigenvalue weighted by Gasteiger charge is -2.17. The molecule has 1 aromatic rings. The van der Waals surface area contributed by atoms with Gasteiger partial charge < -0.3 is 0 Å². The van der Waals surface area contributed by atoms with Crippen molar-refractivity contribution in [3.05, 3.63) is 45.7 Å². The van der Waals surface area contributed by atoms with E-state index in [4.69, 9.17) is 11.6 Å². The van der Waals surface area contributed by atoms with Crippen LogP contribution >= 0.6 is 27.5 Å². The summed E-state index contributed by atoms with van der Waals surface area (Å²) in [7, 11) is 0. The number of benzene rings is 1. The Bertz CT molecular complexity index is 339.